The second kappa shape index (κ2) is 12.8. The number of carbonyl (C=O) groups excluding carboxylic acids is 2. The summed E-state index contributed by atoms with van der Waals surface area (Å²) in [4.78, 5) is 31.6. The predicted molar refractivity (Wildman–Crippen MR) is 173 cm³/mol. The molecule has 0 spiro atoms. The van der Waals surface area contributed by atoms with Crippen LogP contribution >= 0.6 is 11.3 Å². The van der Waals surface area contributed by atoms with Crippen LogP contribution in [-0.2, 0) is 16.1 Å². The predicted octanol–water partition coefficient (Wildman–Crippen LogP) is 6.25. The monoisotopic (exact) mass is 643 g/mol. The number of benzene rings is 2. The number of hydrogen-bond donors (Lipinski definition) is 1. The maximum absolute atomic E-state index is 16.0. The molecule has 0 unspecified atom stereocenters. The molecule has 4 heterocycles. The number of halogens is 2. The molecule has 0 radical (unpaired) electrons. The summed E-state index contributed by atoms with van der Waals surface area (Å²) in [7, 11) is 3.08. The summed E-state index contributed by atoms with van der Waals surface area (Å²) >= 11 is 1.39. The number of aromatic nitrogens is 3. The molecule has 46 heavy (non-hydrogen) atoms. The van der Waals surface area contributed by atoms with E-state index in [0.29, 0.717) is 46.0 Å². The number of nitrogens with one attached hydrogen (secondary N) is 1. The van der Waals surface area contributed by atoms with Crippen molar-refractivity contribution in [1.82, 2.24) is 25.0 Å². The molecule has 3 aromatic heterocycles. The number of hydrogen-bond acceptors (Lipinski definition) is 7. The van der Waals surface area contributed by atoms with Crippen LogP contribution in [0.4, 0.5) is 8.78 Å². The molecular weight excluding hydrogens is 612 g/mol. The summed E-state index contributed by atoms with van der Waals surface area (Å²) < 4.78 is 44.1. The van der Waals surface area contributed by atoms with Crippen molar-refractivity contribution in [2.24, 2.45) is 0 Å². The van der Waals surface area contributed by atoms with Gasteiger partial charge in [-0.3, -0.25) is 14.3 Å². The Labute approximate surface area is 268 Å². The fourth-order valence-corrected chi connectivity index (χ4v) is 6.71. The highest BCUT2D eigenvalue weighted by atomic mass is 32.1. The molecule has 0 fully saturated rings. The van der Waals surface area contributed by atoms with Gasteiger partial charge >= 0.3 is 0 Å². The standard InChI is InChI=1S/C34H31F2N5O4S/c1-5-28(42)40-11-12-41-26(19(40)2)18-25(39-41)32-30(29-24(36)16-22(35)17-27(29)45-14-13-44-4)33-23(10-15-46-33)31(38-32)20-6-8-21(9-7-20)34(43)37-3/h5-10,15-19H,1,11-14H2,2-4H3,(H,37,43)/t19-/m1/s1. The molecule has 236 valence electrons. The van der Waals surface area contributed by atoms with Gasteiger partial charge in [0.25, 0.3) is 5.91 Å². The second-order valence-corrected chi connectivity index (χ2v) is 11.6. The molecule has 12 heteroatoms. The van der Waals surface area contributed by atoms with Crippen LogP contribution in [0, 0.1) is 11.6 Å². The van der Waals surface area contributed by atoms with E-state index in [1.165, 1.54) is 24.5 Å². The molecule has 5 aromatic rings. The summed E-state index contributed by atoms with van der Waals surface area (Å²) in [6, 6.07) is 12.5. The number of ether oxygens (including phenoxy) is 2. The van der Waals surface area contributed by atoms with E-state index in [2.05, 4.69) is 11.9 Å². The van der Waals surface area contributed by atoms with Crippen molar-refractivity contribution in [3.05, 3.63) is 89.5 Å². The zero-order valence-corrected chi connectivity index (χ0v) is 26.3. The van der Waals surface area contributed by atoms with E-state index in [1.807, 2.05) is 41.3 Å². The van der Waals surface area contributed by atoms with Crippen molar-refractivity contribution in [1.29, 1.82) is 0 Å². The first-order valence-electron chi connectivity index (χ1n) is 14.6. The third kappa shape index (κ3) is 5.54. The smallest absolute Gasteiger partial charge is 0.251 e. The van der Waals surface area contributed by atoms with Crippen molar-refractivity contribution in [2.75, 3.05) is 33.9 Å². The summed E-state index contributed by atoms with van der Waals surface area (Å²) in [5.41, 5.74) is 3.88. The summed E-state index contributed by atoms with van der Waals surface area (Å²) in [5.74, 6) is -1.99. The van der Waals surface area contributed by atoms with Gasteiger partial charge in [0.1, 0.15) is 35.4 Å². The van der Waals surface area contributed by atoms with Crippen molar-refractivity contribution >= 4 is 33.2 Å². The molecule has 1 atom stereocenters. The molecular formula is C34H31F2N5O4S. The number of fused-ring (bicyclic) bond motifs is 2. The van der Waals surface area contributed by atoms with Crippen LogP contribution in [0.2, 0.25) is 0 Å². The lowest BCUT2D eigenvalue weighted by Gasteiger charge is -2.33. The topological polar surface area (TPSA) is 98.6 Å². The molecule has 0 saturated heterocycles. The minimum absolute atomic E-state index is 0.00933. The zero-order chi connectivity index (χ0) is 32.5. The van der Waals surface area contributed by atoms with Gasteiger partial charge in [-0.25, -0.2) is 13.8 Å². The Kier molecular flexibility index (Phi) is 8.65. The minimum atomic E-state index is -0.812. The number of pyridine rings is 1. The molecule has 2 amide bonds. The lowest BCUT2D eigenvalue weighted by atomic mass is 9.96. The molecule has 0 aliphatic carbocycles. The van der Waals surface area contributed by atoms with Crippen LogP contribution < -0.4 is 10.1 Å². The van der Waals surface area contributed by atoms with Gasteiger partial charge in [-0.15, -0.1) is 11.3 Å². The third-order valence-corrected chi connectivity index (χ3v) is 8.96. The molecule has 1 aliphatic rings. The quantitative estimate of drug-likeness (QED) is 0.151. The number of methoxy groups -OCH3 is 1. The van der Waals surface area contributed by atoms with Crippen molar-refractivity contribution < 1.29 is 27.8 Å². The maximum atomic E-state index is 16.0. The fraction of sp³-hybridized carbons (Fsp3) is 0.235. The average Bonchev–Trinajstić information content (AvgIpc) is 3.72. The van der Waals surface area contributed by atoms with Crippen LogP contribution in [0.25, 0.3) is 43.9 Å². The number of rotatable bonds is 9. The van der Waals surface area contributed by atoms with Gasteiger partial charge in [-0.2, -0.15) is 5.10 Å². The Morgan fingerprint density at radius 2 is 1.87 bits per heavy atom. The van der Waals surface area contributed by atoms with Gasteiger partial charge in [0.15, 0.2) is 0 Å². The van der Waals surface area contributed by atoms with E-state index in [-0.39, 0.29) is 42.4 Å². The van der Waals surface area contributed by atoms with Crippen LogP contribution in [0.3, 0.4) is 0 Å². The average molecular weight is 644 g/mol. The number of carbonyl (C=O) groups is 2. The van der Waals surface area contributed by atoms with Crippen LogP contribution in [0.5, 0.6) is 5.75 Å². The number of amides is 2. The van der Waals surface area contributed by atoms with Crippen LogP contribution in [0.1, 0.15) is 29.0 Å². The minimum Gasteiger partial charge on any atom is -0.490 e. The highest BCUT2D eigenvalue weighted by Gasteiger charge is 2.31. The third-order valence-electron chi connectivity index (χ3n) is 8.03. The zero-order valence-electron chi connectivity index (χ0n) is 25.5. The van der Waals surface area contributed by atoms with Gasteiger partial charge < -0.3 is 19.7 Å². The lowest BCUT2D eigenvalue weighted by Crippen LogP contribution is -2.40. The van der Waals surface area contributed by atoms with Gasteiger partial charge in [0, 0.05) is 59.6 Å². The van der Waals surface area contributed by atoms with E-state index < -0.39 is 11.6 Å². The van der Waals surface area contributed by atoms with Gasteiger partial charge in [0.2, 0.25) is 5.91 Å². The normalized spacial score (nSPS) is 14.3. The molecule has 2 aromatic carbocycles. The van der Waals surface area contributed by atoms with Gasteiger partial charge in [0.05, 0.1) is 36.1 Å². The van der Waals surface area contributed by atoms with Crippen molar-refractivity contribution in [3.8, 4) is 39.5 Å². The second-order valence-electron chi connectivity index (χ2n) is 10.7. The van der Waals surface area contributed by atoms with E-state index >= 15 is 4.39 Å². The first-order valence-corrected chi connectivity index (χ1v) is 15.5. The Bertz CT molecular complexity index is 1970. The van der Waals surface area contributed by atoms with E-state index in [1.54, 1.807) is 24.1 Å². The Morgan fingerprint density at radius 3 is 2.59 bits per heavy atom. The SMILES string of the molecule is C=CC(=O)N1CCn2nc(-c3nc(-c4ccc(C(=O)NC)cc4)c4ccsc4c3-c3c(F)cc(F)cc3OCCOC)cc2[C@H]1C. The summed E-state index contributed by atoms with van der Waals surface area (Å²) in [5, 5.41) is 10.1. The van der Waals surface area contributed by atoms with E-state index in [4.69, 9.17) is 19.6 Å². The highest BCUT2D eigenvalue weighted by Crippen LogP contribution is 2.47. The molecule has 9 nitrogen and oxygen atoms in total. The molecule has 1 aliphatic heterocycles. The lowest BCUT2D eigenvalue weighted by molar-refractivity contribution is -0.129. The largest absolute Gasteiger partial charge is 0.490 e. The molecule has 6 rings (SSSR count). The highest BCUT2D eigenvalue weighted by molar-refractivity contribution is 7.18. The Balaban J connectivity index is 1.61. The first-order chi connectivity index (χ1) is 22.2. The summed E-state index contributed by atoms with van der Waals surface area (Å²) in [6.45, 7) is 6.71. The fourth-order valence-electron chi connectivity index (χ4n) is 5.76. The number of nitrogens with zero attached hydrogens (tertiary/aromatic N) is 4. The molecule has 1 N–H and O–H groups in total. The number of thiophene rings is 1. The van der Waals surface area contributed by atoms with Crippen LogP contribution in [-0.4, -0.2) is 65.4 Å². The van der Waals surface area contributed by atoms with E-state index in [0.717, 1.165) is 28.8 Å². The van der Waals surface area contributed by atoms with E-state index in [9.17, 15) is 14.0 Å². The molecule has 0 saturated carbocycles. The van der Waals surface area contributed by atoms with Gasteiger partial charge in [-0.05, 0) is 42.6 Å². The first kappa shape index (κ1) is 31.1. The maximum Gasteiger partial charge on any atom is 0.251 e. The summed E-state index contributed by atoms with van der Waals surface area (Å²) in [6.07, 6.45) is 1.29. The Hall–Kier alpha value is -4.94. The van der Waals surface area contributed by atoms with Crippen LogP contribution in [0.15, 0.2) is 66.6 Å². The molecule has 0 bridgehead atoms. The van der Waals surface area contributed by atoms with Crippen molar-refractivity contribution in [2.45, 2.75) is 19.5 Å². The Morgan fingerprint density at radius 1 is 1.09 bits per heavy atom. The van der Waals surface area contributed by atoms with Crippen molar-refractivity contribution in [3.63, 3.8) is 0 Å². The van der Waals surface area contributed by atoms with Gasteiger partial charge in [-0.1, -0.05) is 18.7 Å².